The van der Waals surface area contributed by atoms with E-state index in [-0.39, 0.29) is 5.41 Å². The highest BCUT2D eigenvalue weighted by Gasteiger charge is 2.60. The van der Waals surface area contributed by atoms with Crippen molar-refractivity contribution in [3.8, 4) is 0 Å². The molecule has 1 heteroatoms. The van der Waals surface area contributed by atoms with E-state index in [1.54, 1.807) is 0 Å². The molecule has 0 aliphatic heterocycles. The van der Waals surface area contributed by atoms with Crippen LogP contribution in [0, 0.1) is 52.3 Å². The zero-order valence-electron chi connectivity index (χ0n) is 19.1. The third kappa shape index (κ3) is 3.32. The minimum absolute atomic E-state index is 0.128. The van der Waals surface area contributed by atoms with Gasteiger partial charge in [0.25, 0.3) is 0 Å². The van der Waals surface area contributed by atoms with Crippen LogP contribution in [-0.2, 0) is 0 Å². The molecule has 0 saturated heterocycles. The van der Waals surface area contributed by atoms with Gasteiger partial charge in [0.15, 0.2) is 0 Å². The topological polar surface area (TPSA) is 20.2 Å². The molecule has 3 saturated carbocycles. The van der Waals surface area contributed by atoms with Gasteiger partial charge in [0.1, 0.15) is 0 Å². The molecule has 0 aromatic carbocycles. The van der Waals surface area contributed by atoms with Crippen LogP contribution in [0.3, 0.4) is 0 Å². The van der Waals surface area contributed by atoms with Gasteiger partial charge in [-0.1, -0.05) is 59.1 Å². The predicted molar refractivity (Wildman–Crippen MR) is 119 cm³/mol. The number of fused-ring (bicyclic) bond motifs is 5. The Bertz CT molecular complexity index is 565. The Labute approximate surface area is 174 Å². The van der Waals surface area contributed by atoms with E-state index in [0.29, 0.717) is 12.0 Å². The van der Waals surface area contributed by atoms with Crippen LogP contribution < -0.4 is 0 Å². The van der Waals surface area contributed by atoms with Crippen LogP contribution in [0.2, 0.25) is 0 Å². The molecule has 0 heterocycles. The first kappa shape index (κ1) is 21.0. The van der Waals surface area contributed by atoms with Crippen LogP contribution in [-0.4, -0.2) is 11.7 Å². The van der Waals surface area contributed by atoms with Gasteiger partial charge in [0, 0.05) is 5.41 Å². The Hall–Kier alpha value is -0.300. The van der Waals surface area contributed by atoms with Crippen molar-refractivity contribution in [1.29, 1.82) is 0 Å². The van der Waals surface area contributed by atoms with Crippen LogP contribution in [0.5, 0.6) is 0 Å². The molecule has 0 radical (unpaired) electrons. The van der Waals surface area contributed by atoms with Gasteiger partial charge in [-0.3, -0.25) is 0 Å². The summed E-state index contributed by atoms with van der Waals surface area (Å²) in [6.07, 6.45) is 20.2. The number of rotatable bonds is 6. The zero-order valence-corrected chi connectivity index (χ0v) is 19.1. The van der Waals surface area contributed by atoms with Gasteiger partial charge in [0.2, 0.25) is 0 Å². The highest BCUT2D eigenvalue weighted by molar-refractivity contribution is 5.17. The second-order valence-corrected chi connectivity index (χ2v) is 11.9. The molecule has 0 aromatic heterocycles. The average Bonchev–Trinajstić information content (AvgIpc) is 3.04. The molecule has 4 rings (SSSR count). The summed E-state index contributed by atoms with van der Waals surface area (Å²) in [6.45, 7) is 10.4. The summed E-state index contributed by atoms with van der Waals surface area (Å²) in [5, 5.41) is 10.6. The summed E-state index contributed by atoms with van der Waals surface area (Å²) in [7, 11) is 0. The van der Waals surface area contributed by atoms with Crippen molar-refractivity contribution in [1.82, 2.24) is 0 Å². The Morgan fingerprint density at radius 3 is 2.54 bits per heavy atom. The monoisotopic (exact) mass is 386 g/mol. The lowest BCUT2D eigenvalue weighted by Crippen LogP contribution is -2.54. The summed E-state index contributed by atoms with van der Waals surface area (Å²) in [4.78, 5) is 0. The predicted octanol–water partition coefficient (Wildman–Crippen LogP) is 7.25. The van der Waals surface area contributed by atoms with Crippen molar-refractivity contribution >= 4 is 0 Å². The first-order chi connectivity index (χ1) is 13.4. The van der Waals surface area contributed by atoms with Crippen molar-refractivity contribution in [2.75, 3.05) is 6.61 Å². The van der Waals surface area contributed by atoms with E-state index in [1.807, 2.05) is 0 Å². The first-order valence-corrected chi connectivity index (χ1v) is 12.7. The van der Waals surface area contributed by atoms with Gasteiger partial charge in [-0.25, -0.2) is 0 Å². The molecule has 0 bridgehead atoms. The highest BCUT2D eigenvalue weighted by atomic mass is 16.3. The van der Waals surface area contributed by atoms with Gasteiger partial charge in [-0.2, -0.15) is 0 Å². The van der Waals surface area contributed by atoms with Crippen LogP contribution in [0.4, 0.5) is 0 Å². The van der Waals surface area contributed by atoms with Crippen molar-refractivity contribution < 1.29 is 5.11 Å². The lowest BCUT2D eigenvalue weighted by atomic mass is 9.45. The summed E-state index contributed by atoms with van der Waals surface area (Å²) in [6, 6.07) is 0. The molecular weight excluding hydrogens is 340 g/mol. The van der Waals surface area contributed by atoms with Crippen LogP contribution in [0.15, 0.2) is 12.2 Å². The number of hydrogen-bond acceptors (Lipinski definition) is 1. The quantitative estimate of drug-likeness (QED) is 0.477. The average molecular weight is 387 g/mol. The van der Waals surface area contributed by atoms with Crippen LogP contribution in [0.1, 0.15) is 98.3 Å². The molecule has 4 aliphatic carbocycles. The molecule has 0 unspecified atom stereocenters. The maximum Gasteiger partial charge on any atom is 0.0527 e. The van der Waals surface area contributed by atoms with Crippen LogP contribution >= 0.6 is 0 Å². The van der Waals surface area contributed by atoms with E-state index in [0.717, 1.165) is 41.4 Å². The molecule has 3 fully saturated rings. The molecule has 1 N–H and O–H groups in total. The SMILES string of the molecule is CC(C)CCC[C@@H](C)[C@H]1CC[C@H]2[C@@H]3CC[C@H]4CCC=C[C@]4(CO)[C@H]3CC[C@]12C. The lowest BCUT2D eigenvalue weighted by Gasteiger charge is -2.60. The molecule has 4 aliphatic rings. The standard InChI is InChI=1S/C27H46O/c1-19(2)8-7-9-20(3)23-13-14-24-22-12-11-21-10-5-6-16-27(21,18-28)25(22)15-17-26(23,24)4/h6,16,19-25,28H,5,7-15,17-18H2,1-4H3/t20-,21-,22+,23-,24+,25+,26-,27-/m1/s1. The molecule has 28 heavy (non-hydrogen) atoms. The normalized spacial score (nSPS) is 46.1. The Morgan fingerprint density at radius 2 is 1.79 bits per heavy atom. The summed E-state index contributed by atoms with van der Waals surface area (Å²) in [5.74, 6) is 5.98. The number of allylic oxidation sites excluding steroid dienone is 1. The van der Waals surface area contributed by atoms with E-state index in [4.69, 9.17) is 0 Å². The van der Waals surface area contributed by atoms with E-state index in [1.165, 1.54) is 70.6 Å². The van der Waals surface area contributed by atoms with Gasteiger partial charge < -0.3 is 5.11 Å². The fraction of sp³-hybridized carbons (Fsp3) is 0.926. The Kier molecular flexibility index (Phi) is 6.05. The maximum atomic E-state index is 10.6. The third-order valence-corrected chi connectivity index (χ3v) is 10.3. The molecule has 0 aromatic rings. The number of aliphatic hydroxyl groups is 1. The fourth-order valence-electron chi connectivity index (χ4n) is 8.92. The summed E-state index contributed by atoms with van der Waals surface area (Å²) < 4.78 is 0. The molecule has 0 amide bonds. The minimum Gasteiger partial charge on any atom is -0.395 e. The van der Waals surface area contributed by atoms with Crippen molar-refractivity contribution in [2.24, 2.45) is 52.3 Å². The molecule has 1 nitrogen and oxygen atoms in total. The van der Waals surface area contributed by atoms with E-state index < -0.39 is 0 Å². The Balaban J connectivity index is 1.50. The van der Waals surface area contributed by atoms with Crippen LogP contribution in [0.25, 0.3) is 0 Å². The van der Waals surface area contributed by atoms with Crippen molar-refractivity contribution in [3.63, 3.8) is 0 Å². The number of hydrogen-bond donors (Lipinski definition) is 1. The maximum absolute atomic E-state index is 10.6. The fourth-order valence-corrected chi connectivity index (χ4v) is 8.92. The molecule has 0 spiro atoms. The van der Waals surface area contributed by atoms with Crippen molar-refractivity contribution in [2.45, 2.75) is 98.3 Å². The molecule has 8 atom stereocenters. The summed E-state index contributed by atoms with van der Waals surface area (Å²) >= 11 is 0. The Morgan fingerprint density at radius 1 is 0.964 bits per heavy atom. The van der Waals surface area contributed by atoms with E-state index in [2.05, 4.69) is 39.8 Å². The second kappa shape index (κ2) is 8.09. The molecule has 160 valence electrons. The summed E-state index contributed by atoms with van der Waals surface area (Å²) in [5.41, 5.74) is 0.698. The third-order valence-electron chi connectivity index (χ3n) is 10.3. The first-order valence-electron chi connectivity index (χ1n) is 12.7. The molecular formula is C27H46O. The number of aliphatic hydroxyl groups excluding tert-OH is 1. The van der Waals surface area contributed by atoms with Gasteiger partial charge >= 0.3 is 0 Å². The lowest BCUT2D eigenvalue weighted by molar-refractivity contribution is -0.108. The zero-order chi connectivity index (χ0) is 19.9. The second-order valence-electron chi connectivity index (χ2n) is 11.9. The smallest absolute Gasteiger partial charge is 0.0527 e. The van der Waals surface area contributed by atoms with Gasteiger partial charge in [-0.05, 0) is 98.2 Å². The largest absolute Gasteiger partial charge is 0.395 e. The van der Waals surface area contributed by atoms with Gasteiger partial charge in [-0.15, -0.1) is 0 Å². The van der Waals surface area contributed by atoms with E-state index >= 15 is 0 Å². The minimum atomic E-state index is 0.128. The highest BCUT2D eigenvalue weighted by Crippen LogP contribution is 2.67. The van der Waals surface area contributed by atoms with Gasteiger partial charge in [0.05, 0.1) is 6.61 Å². The van der Waals surface area contributed by atoms with E-state index in [9.17, 15) is 5.11 Å². The van der Waals surface area contributed by atoms with Crippen molar-refractivity contribution in [3.05, 3.63) is 12.2 Å².